The summed E-state index contributed by atoms with van der Waals surface area (Å²) in [4.78, 5) is 34.3. The first kappa shape index (κ1) is 18.3. The Kier molecular flexibility index (Phi) is 5.96. The maximum atomic E-state index is 12.0. The average Bonchev–Trinajstić information content (AvgIpc) is 2.59. The number of carbonyl (C=O) groups excluding carboxylic acids is 2. The highest BCUT2D eigenvalue weighted by molar-refractivity contribution is 7.84. The first-order chi connectivity index (χ1) is 11.9. The van der Waals surface area contributed by atoms with Gasteiger partial charge in [0.1, 0.15) is 0 Å². The molecule has 8 nitrogen and oxygen atoms in total. The summed E-state index contributed by atoms with van der Waals surface area (Å²) in [5, 5.41) is 13.1. The van der Waals surface area contributed by atoms with Crippen molar-refractivity contribution in [2.24, 2.45) is 0 Å². The molecule has 1 N–H and O–H groups in total. The van der Waals surface area contributed by atoms with Crippen LogP contribution in [0.2, 0.25) is 0 Å². The fraction of sp³-hybridized carbons (Fsp3) is 0.125. The highest BCUT2D eigenvalue weighted by atomic mass is 32.2. The Labute approximate surface area is 145 Å². The predicted octanol–water partition coefficient (Wildman–Crippen LogP) is 2.13. The van der Waals surface area contributed by atoms with Crippen LogP contribution in [-0.2, 0) is 20.3 Å². The smallest absolute Gasteiger partial charge is 0.339 e. The van der Waals surface area contributed by atoms with Crippen LogP contribution in [0.5, 0.6) is 0 Å². The van der Waals surface area contributed by atoms with Crippen LogP contribution in [-0.4, -0.2) is 33.9 Å². The van der Waals surface area contributed by atoms with Gasteiger partial charge in [0.15, 0.2) is 6.61 Å². The van der Waals surface area contributed by atoms with E-state index in [0.717, 1.165) is 0 Å². The lowest BCUT2D eigenvalue weighted by Gasteiger charge is -2.08. The van der Waals surface area contributed by atoms with E-state index >= 15 is 0 Å². The molecule has 0 aliphatic heterocycles. The molecule has 0 aliphatic carbocycles. The Hall–Kier alpha value is -3.07. The van der Waals surface area contributed by atoms with Gasteiger partial charge in [0.05, 0.1) is 26.2 Å². The van der Waals surface area contributed by atoms with Gasteiger partial charge in [-0.15, -0.1) is 0 Å². The summed E-state index contributed by atoms with van der Waals surface area (Å²) in [6, 6.07) is 11.6. The Balaban J connectivity index is 1.98. The summed E-state index contributed by atoms with van der Waals surface area (Å²) in [6.07, 6.45) is 1.43. The van der Waals surface area contributed by atoms with Crippen LogP contribution in [0.25, 0.3) is 0 Å². The second-order valence-electron chi connectivity index (χ2n) is 4.88. The maximum absolute atomic E-state index is 12.0. The summed E-state index contributed by atoms with van der Waals surface area (Å²) in [5.41, 5.74) is 0.158. The van der Waals surface area contributed by atoms with Crippen LogP contribution < -0.4 is 5.32 Å². The number of hydrogen-bond acceptors (Lipinski definition) is 6. The minimum absolute atomic E-state index is 0.117. The number of ether oxygens (including phenoxy) is 1. The summed E-state index contributed by atoms with van der Waals surface area (Å²) >= 11 is 0. The van der Waals surface area contributed by atoms with Crippen LogP contribution in [0.4, 0.5) is 11.4 Å². The number of nitro groups is 1. The van der Waals surface area contributed by atoms with E-state index in [0.29, 0.717) is 4.90 Å². The third-order valence-electron chi connectivity index (χ3n) is 3.09. The fourth-order valence-electron chi connectivity index (χ4n) is 1.99. The molecule has 0 aromatic heterocycles. The topological polar surface area (TPSA) is 116 Å². The van der Waals surface area contributed by atoms with Gasteiger partial charge in [-0.2, -0.15) is 0 Å². The number of carbonyl (C=O) groups is 2. The fourth-order valence-corrected chi connectivity index (χ4v) is 2.72. The number of nitrogens with zero attached hydrogens (tertiary/aromatic N) is 1. The van der Waals surface area contributed by atoms with Crippen molar-refractivity contribution in [2.45, 2.75) is 4.90 Å². The van der Waals surface area contributed by atoms with E-state index in [9.17, 15) is 23.9 Å². The molecule has 0 saturated carbocycles. The standard InChI is InChI=1S/C16H14N2O6S/c1-25(23)14-8-3-2-7-13(14)16(20)24-10-15(19)17-11-5-4-6-12(9-11)18(21)22/h2-9H,10H2,1H3,(H,17,19)/t25-/m0/s1. The van der Waals surface area contributed by atoms with E-state index in [2.05, 4.69) is 5.32 Å². The van der Waals surface area contributed by atoms with Gasteiger partial charge in [-0.25, -0.2) is 4.79 Å². The van der Waals surface area contributed by atoms with Crippen molar-refractivity contribution < 1.29 is 23.5 Å². The van der Waals surface area contributed by atoms with Gasteiger partial charge >= 0.3 is 5.97 Å². The molecule has 25 heavy (non-hydrogen) atoms. The average molecular weight is 362 g/mol. The zero-order valence-electron chi connectivity index (χ0n) is 13.1. The van der Waals surface area contributed by atoms with E-state index in [4.69, 9.17) is 4.74 Å². The maximum Gasteiger partial charge on any atom is 0.339 e. The van der Waals surface area contributed by atoms with E-state index in [1.807, 2.05) is 0 Å². The van der Waals surface area contributed by atoms with Gasteiger partial charge in [-0.05, 0) is 18.2 Å². The summed E-state index contributed by atoms with van der Waals surface area (Å²) in [5.74, 6) is -1.43. The Morgan fingerprint density at radius 3 is 2.60 bits per heavy atom. The molecule has 0 spiro atoms. The van der Waals surface area contributed by atoms with Crippen LogP contribution in [0.15, 0.2) is 53.4 Å². The van der Waals surface area contributed by atoms with Crippen molar-refractivity contribution in [1.29, 1.82) is 0 Å². The summed E-state index contributed by atoms with van der Waals surface area (Å²) in [7, 11) is -1.38. The number of anilines is 1. The second-order valence-corrected chi connectivity index (χ2v) is 6.23. The van der Waals surface area contributed by atoms with E-state index in [-0.39, 0.29) is 16.9 Å². The van der Waals surface area contributed by atoms with Gasteiger partial charge in [0.2, 0.25) is 0 Å². The SMILES string of the molecule is C[S@](=O)c1ccccc1C(=O)OCC(=O)Nc1cccc([N+](=O)[O-])c1. The van der Waals surface area contributed by atoms with Crippen molar-refractivity contribution in [2.75, 3.05) is 18.2 Å². The number of nitro benzene ring substituents is 1. The summed E-state index contributed by atoms with van der Waals surface area (Å²) < 4.78 is 16.5. The van der Waals surface area contributed by atoms with Crippen LogP contribution in [0.1, 0.15) is 10.4 Å². The molecule has 9 heteroatoms. The number of esters is 1. The number of hydrogen-bond donors (Lipinski definition) is 1. The number of nitrogens with one attached hydrogen (secondary N) is 1. The highest BCUT2D eigenvalue weighted by Gasteiger charge is 2.16. The van der Waals surface area contributed by atoms with Crippen molar-refractivity contribution in [3.63, 3.8) is 0 Å². The molecule has 1 atom stereocenters. The Morgan fingerprint density at radius 1 is 1.20 bits per heavy atom. The van der Waals surface area contributed by atoms with Gasteiger partial charge in [0, 0.05) is 24.1 Å². The Bertz CT molecular complexity index is 852. The minimum Gasteiger partial charge on any atom is -0.452 e. The van der Waals surface area contributed by atoms with E-state index in [1.165, 1.54) is 42.7 Å². The molecule has 2 aromatic carbocycles. The number of rotatable bonds is 6. The molecule has 130 valence electrons. The first-order valence-corrected chi connectivity index (χ1v) is 8.58. The lowest BCUT2D eigenvalue weighted by Crippen LogP contribution is -2.21. The second kappa shape index (κ2) is 8.15. The number of amides is 1. The third-order valence-corrected chi connectivity index (χ3v) is 4.07. The number of non-ortho nitro benzene ring substituents is 1. The largest absolute Gasteiger partial charge is 0.452 e. The molecular formula is C16H14N2O6S. The van der Waals surface area contributed by atoms with Gasteiger partial charge in [0.25, 0.3) is 11.6 Å². The molecule has 2 rings (SSSR count). The minimum atomic E-state index is -1.38. The van der Waals surface area contributed by atoms with E-state index in [1.54, 1.807) is 12.1 Å². The van der Waals surface area contributed by atoms with Gasteiger partial charge < -0.3 is 10.1 Å². The van der Waals surface area contributed by atoms with Crippen molar-refractivity contribution in [1.82, 2.24) is 0 Å². The summed E-state index contributed by atoms with van der Waals surface area (Å²) in [6.45, 7) is -0.577. The number of benzene rings is 2. The zero-order chi connectivity index (χ0) is 18.4. The monoisotopic (exact) mass is 362 g/mol. The normalized spacial score (nSPS) is 11.4. The van der Waals surface area contributed by atoms with Crippen molar-refractivity contribution in [3.8, 4) is 0 Å². The Morgan fingerprint density at radius 2 is 1.92 bits per heavy atom. The van der Waals surface area contributed by atoms with Gasteiger partial charge in [-0.3, -0.25) is 19.1 Å². The highest BCUT2D eigenvalue weighted by Crippen LogP contribution is 2.17. The van der Waals surface area contributed by atoms with Crippen molar-refractivity contribution in [3.05, 3.63) is 64.2 Å². The van der Waals surface area contributed by atoms with Crippen molar-refractivity contribution >= 4 is 34.1 Å². The molecule has 0 heterocycles. The van der Waals surface area contributed by atoms with Crippen LogP contribution in [0, 0.1) is 10.1 Å². The molecule has 0 saturated heterocycles. The first-order valence-electron chi connectivity index (χ1n) is 7.02. The molecule has 0 fully saturated rings. The predicted molar refractivity (Wildman–Crippen MR) is 90.8 cm³/mol. The third kappa shape index (κ3) is 4.95. The zero-order valence-corrected chi connectivity index (χ0v) is 13.9. The molecule has 0 aliphatic rings. The molecule has 0 unspecified atom stereocenters. The quantitative estimate of drug-likeness (QED) is 0.478. The van der Waals surface area contributed by atoms with E-state index < -0.39 is 34.2 Å². The lowest BCUT2D eigenvalue weighted by molar-refractivity contribution is -0.384. The molecular weight excluding hydrogens is 348 g/mol. The van der Waals surface area contributed by atoms with Gasteiger partial charge in [-0.1, -0.05) is 18.2 Å². The lowest BCUT2D eigenvalue weighted by atomic mass is 10.2. The molecule has 0 bridgehead atoms. The van der Waals surface area contributed by atoms with Crippen LogP contribution in [0.3, 0.4) is 0 Å². The molecule has 2 aromatic rings. The molecule has 1 amide bonds. The molecule has 0 radical (unpaired) electrons. The van der Waals surface area contributed by atoms with Crippen LogP contribution >= 0.6 is 0 Å².